The monoisotopic (exact) mass is 550 g/mol. The Morgan fingerprint density at radius 2 is 1.78 bits per heavy atom. The summed E-state index contributed by atoms with van der Waals surface area (Å²) >= 11 is 3.43. The van der Waals surface area contributed by atoms with Crippen molar-refractivity contribution in [1.82, 2.24) is 5.32 Å². The van der Waals surface area contributed by atoms with Crippen LogP contribution in [0.25, 0.3) is 0 Å². The smallest absolute Gasteiger partial charge is 0.339 e. The van der Waals surface area contributed by atoms with Crippen LogP contribution in [0.1, 0.15) is 57.9 Å². The quantitative estimate of drug-likeness (QED) is 0.365. The molecule has 188 valence electrons. The van der Waals surface area contributed by atoms with E-state index in [0.717, 1.165) is 48.3 Å². The zero-order valence-corrected chi connectivity index (χ0v) is 22.2. The molecule has 1 unspecified atom stereocenters. The van der Waals surface area contributed by atoms with Gasteiger partial charge in [-0.2, -0.15) is 0 Å². The third kappa shape index (κ3) is 5.73. The number of methoxy groups -OCH3 is 1. The number of anilines is 1. The highest BCUT2D eigenvalue weighted by Gasteiger charge is 2.25. The molecule has 1 aliphatic heterocycles. The molecule has 1 heterocycles. The Bertz CT molecular complexity index is 1240. The highest BCUT2D eigenvalue weighted by atomic mass is 79.9. The van der Waals surface area contributed by atoms with Gasteiger partial charge in [-0.05, 0) is 61.1 Å². The molecule has 6 nitrogen and oxygen atoms in total. The number of carboxylic acids is 1. The summed E-state index contributed by atoms with van der Waals surface area (Å²) in [5, 5.41) is 12.7. The van der Waals surface area contributed by atoms with E-state index < -0.39 is 5.97 Å². The summed E-state index contributed by atoms with van der Waals surface area (Å²) in [6.07, 6.45) is 3.65. The summed E-state index contributed by atoms with van der Waals surface area (Å²) in [6.45, 7) is 4.11. The summed E-state index contributed by atoms with van der Waals surface area (Å²) in [4.78, 5) is 27.4. The van der Waals surface area contributed by atoms with Crippen molar-refractivity contribution in [3.8, 4) is 5.75 Å². The molecule has 1 fully saturated rings. The van der Waals surface area contributed by atoms with Gasteiger partial charge in [-0.3, -0.25) is 4.79 Å². The molecule has 0 aromatic heterocycles. The van der Waals surface area contributed by atoms with Crippen LogP contribution in [0, 0.1) is 6.92 Å². The van der Waals surface area contributed by atoms with Crippen molar-refractivity contribution in [3.05, 3.63) is 93.0 Å². The van der Waals surface area contributed by atoms with Crippen LogP contribution in [0.15, 0.2) is 65.1 Å². The summed E-state index contributed by atoms with van der Waals surface area (Å²) < 4.78 is 5.82. The van der Waals surface area contributed by atoms with Crippen LogP contribution in [0.4, 0.5) is 5.69 Å². The van der Waals surface area contributed by atoms with Gasteiger partial charge in [-0.25, -0.2) is 4.79 Å². The fraction of sp³-hybridized carbons (Fsp3) is 0.310. The molecule has 2 N–H and O–H groups in total. The molecule has 0 radical (unpaired) electrons. The number of carboxylic acid groups (broad SMARTS) is 1. The zero-order valence-electron chi connectivity index (χ0n) is 20.6. The summed E-state index contributed by atoms with van der Waals surface area (Å²) in [5.41, 5.74) is 5.11. The highest BCUT2D eigenvalue weighted by Crippen LogP contribution is 2.35. The molecular formula is C29H31BrN2O4. The summed E-state index contributed by atoms with van der Waals surface area (Å²) in [5.74, 6) is -1.03. The fourth-order valence-corrected chi connectivity index (χ4v) is 5.35. The van der Waals surface area contributed by atoms with E-state index in [0.29, 0.717) is 10.0 Å². The molecule has 3 aromatic carbocycles. The molecule has 0 aliphatic carbocycles. The van der Waals surface area contributed by atoms with E-state index in [1.807, 2.05) is 30.3 Å². The normalized spacial score (nSPS) is 14.2. The number of carbonyl (C=O) groups is 2. The van der Waals surface area contributed by atoms with Crippen LogP contribution in [0.3, 0.4) is 0 Å². The third-order valence-electron chi connectivity index (χ3n) is 6.67. The first-order chi connectivity index (χ1) is 17.4. The number of nitrogens with zero attached hydrogens (tertiary/aromatic N) is 1. The van der Waals surface area contributed by atoms with E-state index in [9.17, 15) is 14.7 Å². The number of rotatable bonds is 8. The Morgan fingerprint density at radius 1 is 1.06 bits per heavy atom. The van der Waals surface area contributed by atoms with Gasteiger partial charge in [0.05, 0.1) is 19.6 Å². The number of benzene rings is 3. The molecule has 0 bridgehead atoms. The fourth-order valence-electron chi connectivity index (χ4n) is 4.87. The zero-order chi connectivity index (χ0) is 25.7. The van der Waals surface area contributed by atoms with Crippen molar-refractivity contribution in [1.29, 1.82) is 0 Å². The number of hydrogen-bond acceptors (Lipinski definition) is 4. The summed E-state index contributed by atoms with van der Waals surface area (Å²) in [6, 6.07) is 19.1. The topological polar surface area (TPSA) is 78.9 Å². The van der Waals surface area contributed by atoms with Crippen molar-refractivity contribution in [2.24, 2.45) is 0 Å². The number of hydrogen-bond donors (Lipinski definition) is 2. The minimum absolute atomic E-state index is 0.0433. The first-order valence-corrected chi connectivity index (χ1v) is 13.0. The van der Waals surface area contributed by atoms with E-state index in [4.69, 9.17) is 4.74 Å². The maximum atomic E-state index is 13.4. The lowest BCUT2D eigenvalue weighted by Gasteiger charge is -2.34. The third-order valence-corrected chi connectivity index (χ3v) is 7.41. The second kappa shape index (κ2) is 11.6. The minimum Gasteiger partial charge on any atom is -0.496 e. The van der Waals surface area contributed by atoms with Gasteiger partial charge >= 0.3 is 5.97 Å². The molecule has 36 heavy (non-hydrogen) atoms. The van der Waals surface area contributed by atoms with Gasteiger partial charge in [0.1, 0.15) is 11.3 Å². The van der Waals surface area contributed by atoms with Crippen LogP contribution in [-0.2, 0) is 11.2 Å². The van der Waals surface area contributed by atoms with E-state index in [2.05, 4.69) is 51.3 Å². The predicted molar refractivity (Wildman–Crippen MR) is 145 cm³/mol. The minimum atomic E-state index is -1.09. The van der Waals surface area contributed by atoms with Crippen LogP contribution in [0.2, 0.25) is 0 Å². The number of aryl methyl sites for hydroxylation is 1. The average molecular weight is 551 g/mol. The van der Waals surface area contributed by atoms with Gasteiger partial charge in [0, 0.05) is 28.8 Å². The Labute approximate surface area is 220 Å². The SMILES string of the molecule is COc1cc(CC(=O)NC(c2ccccc2)c2c(C)cccc2N2CCCCC2)c(Br)cc1C(=O)O. The molecule has 3 aromatic rings. The lowest BCUT2D eigenvalue weighted by molar-refractivity contribution is -0.120. The van der Waals surface area contributed by atoms with Gasteiger partial charge in [-0.1, -0.05) is 58.4 Å². The second-order valence-corrected chi connectivity index (χ2v) is 9.95. The first kappa shape index (κ1) is 25.8. The van der Waals surface area contributed by atoms with Crippen LogP contribution >= 0.6 is 15.9 Å². The molecule has 0 spiro atoms. The molecule has 4 rings (SSSR count). The van der Waals surface area contributed by atoms with Crippen LogP contribution < -0.4 is 15.0 Å². The number of carbonyl (C=O) groups excluding carboxylic acids is 1. The highest BCUT2D eigenvalue weighted by molar-refractivity contribution is 9.10. The Morgan fingerprint density at radius 3 is 2.44 bits per heavy atom. The molecule has 1 aliphatic rings. The number of amides is 1. The molecule has 1 amide bonds. The lowest BCUT2D eigenvalue weighted by Crippen LogP contribution is -2.35. The van der Waals surface area contributed by atoms with Crippen molar-refractivity contribution in [3.63, 3.8) is 0 Å². The molecule has 0 saturated carbocycles. The molecule has 1 saturated heterocycles. The molecular weight excluding hydrogens is 520 g/mol. The predicted octanol–water partition coefficient (Wildman–Crippen LogP) is 5.90. The maximum absolute atomic E-state index is 13.4. The van der Waals surface area contributed by atoms with Gasteiger partial charge < -0.3 is 20.1 Å². The Kier molecular flexibility index (Phi) is 8.31. The van der Waals surface area contributed by atoms with E-state index in [1.165, 1.54) is 19.6 Å². The molecule has 1 atom stereocenters. The van der Waals surface area contributed by atoms with Gasteiger partial charge in [0.25, 0.3) is 0 Å². The van der Waals surface area contributed by atoms with Gasteiger partial charge in [-0.15, -0.1) is 0 Å². The maximum Gasteiger partial charge on any atom is 0.339 e. The average Bonchev–Trinajstić information content (AvgIpc) is 2.89. The first-order valence-electron chi connectivity index (χ1n) is 12.2. The van der Waals surface area contributed by atoms with Crippen molar-refractivity contribution in [2.75, 3.05) is 25.1 Å². The van der Waals surface area contributed by atoms with Crippen LogP contribution in [0.5, 0.6) is 5.75 Å². The van der Waals surface area contributed by atoms with Crippen molar-refractivity contribution >= 4 is 33.5 Å². The van der Waals surface area contributed by atoms with Gasteiger partial charge in [0.2, 0.25) is 5.91 Å². The lowest BCUT2D eigenvalue weighted by atomic mass is 9.91. The number of ether oxygens (including phenoxy) is 1. The van der Waals surface area contributed by atoms with Crippen molar-refractivity contribution in [2.45, 2.75) is 38.6 Å². The number of nitrogens with one attached hydrogen (secondary N) is 1. The van der Waals surface area contributed by atoms with Crippen molar-refractivity contribution < 1.29 is 19.4 Å². The van der Waals surface area contributed by atoms with E-state index in [-0.39, 0.29) is 29.7 Å². The van der Waals surface area contributed by atoms with Gasteiger partial charge in [0.15, 0.2) is 0 Å². The standard InChI is InChI=1S/C29H31BrN2O4/c1-19-10-9-13-24(32-14-7-4-8-15-32)27(19)28(20-11-5-3-6-12-20)31-26(33)17-21-16-25(36-2)22(29(34)35)18-23(21)30/h3,5-6,9-13,16,18,28H,4,7-8,14-15,17H2,1-2H3,(H,31,33)(H,34,35). The Hall–Kier alpha value is -3.32. The second-order valence-electron chi connectivity index (χ2n) is 9.09. The molecule has 7 heteroatoms. The van der Waals surface area contributed by atoms with Crippen LogP contribution in [-0.4, -0.2) is 37.2 Å². The summed E-state index contributed by atoms with van der Waals surface area (Å²) in [7, 11) is 1.42. The number of halogens is 1. The van der Waals surface area contributed by atoms with E-state index in [1.54, 1.807) is 6.07 Å². The number of aromatic carboxylic acids is 1. The largest absolute Gasteiger partial charge is 0.496 e. The number of piperidine rings is 1. The Balaban J connectivity index is 1.68. The van der Waals surface area contributed by atoms with E-state index >= 15 is 0 Å².